The zero-order chi connectivity index (χ0) is 31.9. The van der Waals surface area contributed by atoms with Crippen LogP contribution in [0, 0.1) is 6.07 Å². The van der Waals surface area contributed by atoms with Crippen LogP contribution in [0.25, 0.3) is 39.3 Å². The largest absolute Gasteiger partial charge is 0.381 e. The Morgan fingerprint density at radius 1 is 0.667 bits per heavy atom. The molecule has 0 bridgehead atoms. The Morgan fingerprint density at radius 3 is 1.56 bits per heavy atom. The molecule has 4 aromatic carbocycles. The summed E-state index contributed by atoms with van der Waals surface area (Å²) in [6.07, 6.45) is -2.95. The first kappa shape index (κ1) is 34.3. The van der Waals surface area contributed by atoms with Crippen molar-refractivity contribution < 1.29 is 33.3 Å². The minimum atomic E-state index is -4.44. The van der Waals surface area contributed by atoms with Crippen LogP contribution in [0.15, 0.2) is 84.9 Å². The van der Waals surface area contributed by atoms with Gasteiger partial charge in [0.05, 0.1) is 11.5 Å². The molecular formula is C38H39F3IrN3-. The van der Waals surface area contributed by atoms with E-state index in [4.69, 9.17) is 10.1 Å². The second-order valence-electron chi connectivity index (χ2n) is 13.4. The van der Waals surface area contributed by atoms with E-state index in [2.05, 4.69) is 114 Å². The van der Waals surface area contributed by atoms with Gasteiger partial charge in [0, 0.05) is 26.5 Å². The average molecular weight is 787 g/mol. The minimum Gasteiger partial charge on any atom is -0.262 e. The molecule has 237 valence electrons. The molecule has 5 rings (SSSR count). The maximum atomic E-state index is 13.3. The molecule has 1 heterocycles. The van der Waals surface area contributed by atoms with Gasteiger partial charge in [0.15, 0.2) is 0 Å². The fourth-order valence-corrected chi connectivity index (χ4v) is 5.17. The zero-order valence-electron chi connectivity index (χ0n) is 26.8. The van der Waals surface area contributed by atoms with E-state index < -0.39 is 11.7 Å². The van der Waals surface area contributed by atoms with Crippen molar-refractivity contribution in [2.24, 2.45) is 0 Å². The van der Waals surface area contributed by atoms with E-state index >= 15 is 0 Å². The van der Waals surface area contributed by atoms with Gasteiger partial charge in [-0.2, -0.15) is 18.3 Å². The van der Waals surface area contributed by atoms with E-state index in [0.717, 1.165) is 46.5 Å². The second-order valence-corrected chi connectivity index (χ2v) is 13.4. The summed E-state index contributed by atoms with van der Waals surface area (Å²) in [6, 6.07) is 29.8. The Hall–Kier alpha value is -3.54. The number of aryl methyl sites for hydroxylation is 1. The molecule has 0 fully saturated rings. The smallest absolute Gasteiger partial charge is 0.262 e. The van der Waals surface area contributed by atoms with Crippen molar-refractivity contribution in [3.05, 3.63) is 114 Å². The summed E-state index contributed by atoms with van der Waals surface area (Å²) in [6.45, 7) is 15.2. The average Bonchev–Trinajstić information content (AvgIpc) is 3.40. The third-order valence-electron chi connectivity index (χ3n) is 7.84. The topological polar surface area (TPSA) is 30.7 Å². The predicted octanol–water partition coefficient (Wildman–Crippen LogP) is 10.6. The molecule has 0 amide bonds. The molecule has 0 atom stereocenters. The second kappa shape index (κ2) is 13.1. The Balaban J connectivity index is 0.00000461. The number of nitrogens with zero attached hydrogens (tertiary/aromatic N) is 3. The summed E-state index contributed by atoms with van der Waals surface area (Å²) in [7, 11) is 0. The van der Waals surface area contributed by atoms with Crippen molar-refractivity contribution in [2.45, 2.75) is 78.3 Å². The molecule has 0 aliphatic carbocycles. The Morgan fingerprint density at radius 2 is 1.16 bits per heavy atom. The van der Waals surface area contributed by atoms with Crippen LogP contribution < -0.4 is 0 Å². The van der Waals surface area contributed by atoms with Crippen molar-refractivity contribution >= 4 is 0 Å². The monoisotopic (exact) mass is 787 g/mol. The van der Waals surface area contributed by atoms with Gasteiger partial charge < -0.3 is 0 Å². The van der Waals surface area contributed by atoms with Crippen LogP contribution >= 0.6 is 0 Å². The van der Waals surface area contributed by atoms with Crippen LogP contribution in [0.2, 0.25) is 0 Å². The van der Waals surface area contributed by atoms with E-state index in [-0.39, 0.29) is 30.9 Å². The Labute approximate surface area is 278 Å². The molecule has 45 heavy (non-hydrogen) atoms. The van der Waals surface area contributed by atoms with Crippen molar-refractivity contribution in [3.63, 3.8) is 0 Å². The molecule has 0 saturated heterocycles. The molecule has 1 aromatic heterocycles. The van der Waals surface area contributed by atoms with Gasteiger partial charge in [0.25, 0.3) is 0 Å². The standard InChI is InChI=1S/C38H39F3N3.Ir/c1-8-9-34-42-35(27-14-20-32(21-15-27)38(39,40)41)44(43-34)33-23-28(25-10-16-30(17-11-25)36(2,3)4)22-29(24-33)26-12-18-31(19-13-26)37(5,6)7;/h10-14,16-24H,8-9H2,1-7H3;/q-1;. The molecule has 1 radical (unpaired) electrons. The van der Waals surface area contributed by atoms with Gasteiger partial charge >= 0.3 is 6.18 Å². The number of aromatic nitrogens is 3. The first-order chi connectivity index (χ1) is 20.6. The summed E-state index contributed by atoms with van der Waals surface area (Å²) < 4.78 is 41.7. The third-order valence-corrected chi connectivity index (χ3v) is 7.84. The fourth-order valence-electron chi connectivity index (χ4n) is 5.17. The van der Waals surface area contributed by atoms with E-state index in [1.54, 1.807) is 4.68 Å². The van der Waals surface area contributed by atoms with E-state index in [0.29, 0.717) is 23.6 Å². The number of hydrogen-bond donors (Lipinski definition) is 0. The van der Waals surface area contributed by atoms with Gasteiger partial charge in [-0.1, -0.05) is 97.0 Å². The number of hydrogen-bond acceptors (Lipinski definition) is 2. The molecule has 0 N–H and O–H groups in total. The number of halogens is 3. The minimum absolute atomic E-state index is 0. The van der Waals surface area contributed by atoms with E-state index in [1.807, 2.05) is 6.92 Å². The van der Waals surface area contributed by atoms with Crippen LogP contribution in [-0.4, -0.2) is 14.8 Å². The third kappa shape index (κ3) is 7.82. The number of benzene rings is 4. The predicted molar refractivity (Wildman–Crippen MR) is 173 cm³/mol. The molecular weight excluding hydrogens is 748 g/mol. The van der Waals surface area contributed by atoms with Crippen molar-refractivity contribution in [1.82, 2.24) is 14.8 Å². The van der Waals surface area contributed by atoms with Gasteiger partial charge in [0.2, 0.25) is 0 Å². The van der Waals surface area contributed by atoms with Crippen LogP contribution in [-0.2, 0) is 43.5 Å². The quantitative estimate of drug-likeness (QED) is 0.161. The van der Waals surface area contributed by atoms with E-state index in [9.17, 15) is 13.2 Å². The molecule has 0 aliphatic heterocycles. The molecule has 0 spiro atoms. The van der Waals surface area contributed by atoms with E-state index in [1.165, 1.54) is 17.2 Å². The van der Waals surface area contributed by atoms with Gasteiger partial charge in [-0.25, -0.2) is 0 Å². The summed E-state index contributed by atoms with van der Waals surface area (Å²) in [5, 5.41) is 4.84. The first-order valence-electron chi connectivity index (χ1n) is 15.1. The number of rotatable bonds is 6. The maximum Gasteiger partial charge on any atom is 0.381 e. The van der Waals surface area contributed by atoms with Crippen molar-refractivity contribution in [1.29, 1.82) is 0 Å². The summed E-state index contributed by atoms with van der Waals surface area (Å²) in [4.78, 5) is 4.76. The Bertz CT molecular complexity index is 1660. The molecule has 0 unspecified atom stereocenters. The summed E-state index contributed by atoms with van der Waals surface area (Å²) >= 11 is 0. The fraction of sp³-hybridized carbons (Fsp3) is 0.316. The van der Waals surface area contributed by atoms with Crippen molar-refractivity contribution in [3.8, 4) is 39.3 Å². The molecule has 3 nitrogen and oxygen atoms in total. The van der Waals surface area contributed by atoms with Gasteiger partial charge in [-0.05, 0) is 74.4 Å². The summed E-state index contributed by atoms with van der Waals surface area (Å²) in [5.74, 6) is 1.09. The van der Waals surface area contributed by atoms with Crippen LogP contribution in [0.4, 0.5) is 13.2 Å². The first-order valence-corrected chi connectivity index (χ1v) is 15.1. The molecule has 0 saturated carbocycles. The molecule has 7 heteroatoms. The molecule has 5 aromatic rings. The van der Waals surface area contributed by atoms with Gasteiger partial charge in [-0.3, -0.25) is 9.67 Å². The summed E-state index contributed by atoms with van der Waals surface area (Å²) in [5.41, 5.74) is 7.16. The normalized spacial score (nSPS) is 12.2. The van der Waals surface area contributed by atoms with Crippen LogP contribution in [0.1, 0.15) is 77.4 Å². The number of alkyl halides is 3. The van der Waals surface area contributed by atoms with Crippen LogP contribution in [0.3, 0.4) is 0 Å². The van der Waals surface area contributed by atoms with Gasteiger partial charge in [-0.15, -0.1) is 29.8 Å². The van der Waals surface area contributed by atoms with Crippen LogP contribution in [0.5, 0.6) is 0 Å². The van der Waals surface area contributed by atoms with Gasteiger partial charge in [0.1, 0.15) is 5.82 Å². The SMILES string of the molecule is CCCc1nc(-c2[c-]cc(C(F)(F)F)cc2)n(-c2cc(-c3ccc(C(C)(C)C)cc3)cc(-c3ccc(C(C)(C)C)cc3)c2)n1.[Ir]. The Kier molecular flexibility index (Phi) is 9.96. The zero-order valence-corrected chi connectivity index (χ0v) is 29.2. The molecule has 0 aliphatic rings. The maximum absolute atomic E-state index is 13.3. The van der Waals surface area contributed by atoms with Crippen molar-refractivity contribution in [2.75, 3.05) is 0 Å².